The lowest BCUT2D eigenvalue weighted by Crippen LogP contribution is -2.40. The molecule has 3 heterocycles. The number of amides is 2. The summed E-state index contributed by atoms with van der Waals surface area (Å²) in [6.07, 6.45) is 4.36. The largest absolute Gasteiger partial charge is 0.467 e. The molecule has 6 nitrogen and oxygen atoms in total. The van der Waals surface area contributed by atoms with Crippen LogP contribution in [-0.2, 0) is 19.5 Å². The average Bonchev–Trinajstić information content (AvgIpc) is 3.60. The molecule has 172 valence electrons. The van der Waals surface area contributed by atoms with E-state index in [4.69, 9.17) is 21.0 Å². The van der Waals surface area contributed by atoms with Gasteiger partial charge < -0.3 is 14.6 Å². The molecule has 1 N–H and O–H groups in total. The Kier molecular flexibility index (Phi) is 6.65. The Morgan fingerprint density at radius 2 is 1.91 bits per heavy atom. The SMILES string of the molecule is O=C(NCc1ccccc1)N(CCc1csc2nc(-c3ccc(Cl)cc3)cn12)Cc1ccco1. The lowest BCUT2D eigenvalue weighted by molar-refractivity contribution is 0.190. The van der Waals surface area contributed by atoms with E-state index in [2.05, 4.69) is 15.1 Å². The summed E-state index contributed by atoms with van der Waals surface area (Å²) >= 11 is 7.61. The van der Waals surface area contributed by atoms with Gasteiger partial charge >= 0.3 is 6.03 Å². The summed E-state index contributed by atoms with van der Waals surface area (Å²) in [5.74, 6) is 0.748. The van der Waals surface area contributed by atoms with Gasteiger partial charge in [-0.15, -0.1) is 11.3 Å². The van der Waals surface area contributed by atoms with Crippen LogP contribution in [0.2, 0.25) is 5.02 Å². The molecule has 5 rings (SSSR count). The van der Waals surface area contributed by atoms with E-state index in [1.54, 1.807) is 22.5 Å². The van der Waals surface area contributed by atoms with Crippen LogP contribution in [0, 0.1) is 0 Å². The molecule has 3 aromatic heterocycles. The first-order chi connectivity index (χ1) is 16.7. The van der Waals surface area contributed by atoms with Crippen molar-refractivity contribution in [1.29, 1.82) is 0 Å². The third-order valence-electron chi connectivity index (χ3n) is 5.56. The van der Waals surface area contributed by atoms with Gasteiger partial charge in [-0.25, -0.2) is 9.78 Å². The number of halogens is 1. The maximum atomic E-state index is 13.0. The molecule has 5 aromatic rings. The number of imidazole rings is 1. The lowest BCUT2D eigenvalue weighted by Gasteiger charge is -2.22. The van der Waals surface area contributed by atoms with Gasteiger partial charge in [0.1, 0.15) is 5.76 Å². The molecule has 0 spiro atoms. The van der Waals surface area contributed by atoms with E-state index in [1.807, 2.05) is 72.9 Å². The number of thiazole rings is 1. The quantitative estimate of drug-likeness (QED) is 0.279. The number of hydrogen-bond acceptors (Lipinski definition) is 4. The molecule has 0 unspecified atom stereocenters. The van der Waals surface area contributed by atoms with Crippen molar-refractivity contribution in [2.75, 3.05) is 6.54 Å². The van der Waals surface area contributed by atoms with Crippen molar-refractivity contribution >= 4 is 33.9 Å². The summed E-state index contributed by atoms with van der Waals surface area (Å²) < 4.78 is 7.60. The van der Waals surface area contributed by atoms with Crippen molar-refractivity contribution in [3.63, 3.8) is 0 Å². The molecule has 34 heavy (non-hydrogen) atoms. The minimum atomic E-state index is -0.126. The van der Waals surface area contributed by atoms with Gasteiger partial charge in [0.05, 0.1) is 18.5 Å². The van der Waals surface area contributed by atoms with Crippen molar-refractivity contribution in [3.05, 3.63) is 107 Å². The number of carbonyl (C=O) groups excluding carboxylic acids is 1. The zero-order valence-electron chi connectivity index (χ0n) is 18.4. The maximum absolute atomic E-state index is 13.0. The Hall–Kier alpha value is -3.55. The Morgan fingerprint density at radius 3 is 2.68 bits per heavy atom. The van der Waals surface area contributed by atoms with Crippen LogP contribution in [0.3, 0.4) is 0 Å². The molecule has 0 saturated carbocycles. The highest BCUT2D eigenvalue weighted by atomic mass is 35.5. The molecule has 2 aromatic carbocycles. The summed E-state index contributed by atoms with van der Waals surface area (Å²) in [6, 6.07) is 21.2. The predicted octanol–water partition coefficient (Wildman–Crippen LogP) is 6.26. The van der Waals surface area contributed by atoms with Crippen LogP contribution < -0.4 is 5.32 Å². The van der Waals surface area contributed by atoms with Crippen LogP contribution in [0.25, 0.3) is 16.2 Å². The molecule has 0 saturated heterocycles. The highest BCUT2D eigenvalue weighted by Gasteiger charge is 2.17. The Balaban J connectivity index is 1.30. The van der Waals surface area contributed by atoms with Crippen LogP contribution >= 0.6 is 22.9 Å². The fourth-order valence-corrected chi connectivity index (χ4v) is 4.78. The number of rotatable bonds is 8. The predicted molar refractivity (Wildman–Crippen MR) is 135 cm³/mol. The van der Waals surface area contributed by atoms with E-state index in [1.165, 1.54) is 0 Å². The molecule has 0 aliphatic rings. The Bertz CT molecular complexity index is 1360. The molecule has 2 amide bonds. The van der Waals surface area contributed by atoms with Gasteiger partial charge in [0.25, 0.3) is 0 Å². The smallest absolute Gasteiger partial charge is 0.318 e. The lowest BCUT2D eigenvalue weighted by atomic mass is 10.2. The fraction of sp³-hybridized carbons (Fsp3) is 0.154. The van der Waals surface area contributed by atoms with Gasteiger partial charge in [0, 0.05) is 47.4 Å². The summed E-state index contributed by atoms with van der Waals surface area (Å²) in [5.41, 5.74) is 4.08. The van der Waals surface area contributed by atoms with Gasteiger partial charge in [-0.2, -0.15) is 0 Å². The average molecular weight is 491 g/mol. The second-order valence-corrected chi connectivity index (χ2v) is 9.18. The number of benzene rings is 2. The van der Waals surface area contributed by atoms with Gasteiger partial charge in [0.2, 0.25) is 0 Å². The summed E-state index contributed by atoms with van der Waals surface area (Å²) in [4.78, 5) is 20.5. The standard InChI is InChI=1S/C26H23ClN4O2S/c27-21-10-8-20(9-11-21)24-17-31-22(18-34-26(31)29-24)12-13-30(16-23-7-4-14-33-23)25(32)28-15-19-5-2-1-3-6-19/h1-11,14,17-18H,12-13,15-16H2,(H,28,32). The summed E-state index contributed by atoms with van der Waals surface area (Å²) in [6.45, 7) is 1.42. The van der Waals surface area contributed by atoms with Crippen molar-refractivity contribution < 1.29 is 9.21 Å². The molecule has 0 radical (unpaired) electrons. The van der Waals surface area contributed by atoms with Crippen LogP contribution in [0.15, 0.2) is 89.0 Å². The van der Waals surface area contributed by atoms with E-state index in [0.29, 0.717) is 31.1 Å². The minimum Gasteiger partial charge on any atom is -0.467 e. The number of carbonyl (C=O) groups is 1. The van der Waals surface area contributed by atoms with Gasteiger partial charge in [0.15, 0.2) is 4.96 Å². The second-order valence-electron chi connectivity index (χ2n) is 7.91. The van der Waals surface area contributed by atoms with E-state index < -0.39 is 0 Å². The Morgan fingerprint density at radius 1 is 1.09 bits per heavy atom. The van der Waals surface area contributed by atoms with Crippen molar-refractivity contribution in [1.82, 2.24) is 19.6 Å². The van der Waals surface area contributed by atoms with E-state index >= 15 is 0 Å². The molecule has 0 atom stereocenters. The van der Waals surface area contributed by atoms with Crippen molar-refractivity contribution in [2.24, 2.45) is 0 Å². The molecular weight excluding hydrogens is 468 g/mol. The molecule has 0 bridgehead atoms. The maximum Gasteiger partial charge on any atom is 0.318 e. The third kappa shape index (κ3) is 5.16. The van der Waals surface area contributed by atoms with E-state index in [9.17, 15) is 4.79 Å². The zero-order chi connectivity index (χ0) is 23.3. The third-order valence-corrected chi connectivity index (χ3v) is 6.70. The van der Waals surface area contributed by atoms with Crippen molar-refractivity contribution in [2.45, 2.75) is 19.5 Å². The van der Waals surface area contributed by atoms with Crippen LogP contribution in [-0.4, -0.2) is 26.9 Å². The first kappa shape index (κ1) is 22.3. The number of nitrogens with one attached hydrogen (secondary N) is 1. The van der Waals surface area contributed by atoms with Crippen LogP contribution in [0.5, 0.6) is 0 Å². The highest BCUT2D eigenvalue weighted by molar-refractivity contribution is 7.15. The number of hydrogen-bond donors (Lipinski definition) is 1. The van der Waals surface area contributed by atoms with E-state index in [0.717, 1.165) is 33.2 Å². The van der Waals surface area contributed by atoms with Crippen LogP contribution in [0.4, 0.5) is 4.79 Å². The molecule has 8 heteroatoms. The first-order valence-electron chi connectivity index (χ1n) is 11.0. The molecule has 0 fully saturated rings. The molecular formula is C26H23ClN4O2S. The monoisotopic (exact) mass is 490 g/mol. The summed E-state index contributed by atoms with van der Waals surface area (Å²) in [5, 5.41) is 5.83. The zero-order valence-corrected chi connectivity index (χ0v) is 19.9. The first-order valence-corrected chi connectivity index (χ1v) is 12.2. The number of urea groups is 1. The van der Waals surface area contributed by atoms with Gasteiger partial charge in [-0.1, -0.05) is 54.1 Å². The normalized spacial score (nSPS) is 11.1. The molecule has 0 aliphatic carbocycles. The number of furan rings is 1. The number of nitrogens with zero attached hydrogens (tertiary/aromatic N) is 3. The highest BCUT2D eigenvalue weighted by Crippen LogP contribution is 2.25. The van der Waals surface area contributed by atoms with Gasteiger partial charge in [-0.3, -0.25) is 4.40 Å². The summed E-state index contributed by atoms with van der Waals surface area (Å²) in [7, 11) is 0. The van der Waals surface area contributed by atoms with Gasteiger partial charge in [-0.05, 0) is 29.8 Å². The Labute approximate surface area is 206 Å². The van der Waals surface area contributed by atoms with Crippen LogP contribution in [0.1, 0.15) is 17.0 Å². The topological polar surface area (TPSA) is 62.8 Å². The van der Waals surface area contributed by atoms with E-state index in [-0.39, 0.29) is 6.03 Å². The minimum absolute atomic E-state index is 0.126. The fourth-order valence-electron chi connectivity index (χ4n) is 3.75. The second kappa shape index (κ2) is 10.2. The number of aromatic nitrogens is 2. The van der Waals surface area contributed by atoms with Crippen molar-refractivity contribution in [3.8, 4) is 11.3 Å². The number of fused-ring (bicyclic) bond motifs is 1. The molecule has 0 aliphatic heterocycles.